The van der Waals surface area contributed by atoms with Gasteiger partial charge < -0.3 is 14.8 Å². The first-order chi connectivity index (χ1) is 8.63. The van der Waals surface area contributed by atoms with Gasteiger partial charge in [-0.05, 0) is 6.92 Å². The maximum atomic E-state index is 11.5. The molecule has 0 atom stereocenters. The van der Waals surface area contributed by atoms with E-state index in [-0.39, 0.29) is 25.0 Å². The normalized spacial score (nSPS) is 10.2. The summed E-state index contributed by atoms with van der Waals surface area (Å²) in [4.78, 5) is 24.5. The van der Waals surface area contributed by atoms with E-state index >= 15 is 0 Å². The number of carbonyl (C=O) groups is 2. The molecule has 0 aliphatic heterocycles. The highest BCUT2D eigenvalue weighted by molar-refractivity contribution is 5.79. The van der Waals surface area contributed by atoms with Gasteiger partial charge >= 0.3 is 5.97 Å². The van der Waals surface area contributed by atoms with Crippen LogP contribution in [0.4, 0.5) is 0 Å². The third kappa shape index (κ3) is 8.72. The van der Waals surface area contributed by atoms with Crippen LogP contribution in [0.15, 0.2) is 12.7 Å². The highest BCUT2D eigenvalue weighted by Gasteiger charge is 2.13. The van der Waals surface area contributed by atoms with Crippen molar-refractivity contribution < 1.29 is 19.1 Å². The molecule has 18 heavy (non-hydrogen) atoms. The largest absolute Gasteiger partial charge is 0.465 e. The van der Waals surface area contributed by atoms with Crippen molar-refractivity contribution in [2.75, 3.05) is 46.5 Å². The summed E-state index contributed by atoms with van der Waals surface area (Å²) in [5.41, 5.74) is 0. The number of nitrogens with one attached hydrogen (secondary N) is 1. The number of hydrogen-bond acceptors (Lipinski definition) is 5. The molecule has 0 aromatic carbocycles. The smallest absolute Gasteiger partial charge is 0.320 e. The van der Waals surface area contributed by atoms with Gasteiger partial charge in [-0.15, -0.1) is 6.58 Å². The van der Waals surface area contributed by atoms with E-state index in [2.05, 4.69) is 11.9 Å². The van der Waals surface area contributed by atoms with E-state index in [4.69, 9.17) is 9.47 Å². The van der Waals surface area contributed by atoms with Gasteiger partial charge in [0.05, 0.1) is 26.3 Å². The van der Waals surface area contributed by atoms with Gasteiger partial charge in [0.1, 0.15) is 0 Å². The summed E-state index contributed by atoms with van der Waals surface area (Å²) in [6.07, 6.45) is 1.64. The molecule has 0 heterocycles. The Morgan fingerprint density at radius 1 is 1.39 bits per heavy atom. The molecule has 0 bridgehead atoms. The van der Waals surface area contributed by atoms with Gasteiger partial charge in [0, 0.05) is 20.2 Å². The van der Waals surface area contributed by atoms with Gasteiger partial charge in [-0.25, -0.2) is 0 Å². The first-order valence-corrected chi connectivity index (χ1v) is 5.88. The number of nitrogens with zero attached hydrogens (tertiary/aromatic N) is 1. The lowest BCUT2D eigenvalue weighted by molar-refractivity contribution is -0.144. The van der Waals surface area contributed by atoms with Crippen molar-refractivity contribution in [3.05, 3.63) is 12.7 Å². The molecule has 0 fully saturated rings. The zero-order chi connectivity index (χ0) is 13.8. The van der Waals surface area contributed by atoms with Crippen molar-refractivity contribution in [2.45, 2.75) is 6.92 Å². The Morgan fingerprint density at radius 2 is 2.11 bits per heavy atom. The SMILES string of the molecule is C=CCN(CC(=O)NCCOC)CC(=O)OCC. The van der Waals surface area contributed by atoms with Crippen LogP contribution in [-0.2, 0) is 19.1 Å². The van der Waals surface area contributed by atoms with Crippen LogP contribution in [0.3, 0.4) is 0 Å². The van der Waals surface area contributed by atoms with Crippen LogP contribution in [0.5, 0.6) is 0 Å². The molecule has 0 radical (unpaired) electrons. The zero-order valence-electron chi connectivity index (χ0n) is 11.1. The second-order valence-corrected chi connectivity index (χ2v) is 3.61. The molecule has 0 unspecified atom stereocenters. The quantitative estimate of drug-likeness (QED) is 0.334. The molecule has 0 aromatic rings. The third-order valence-electron chi connectivity index (χ3n) is 2.04. The fourth-order valence-corrected chi connectivity index (χ4v) is 1.31. The minimum atomic E-state index is -0.343. The van der Waals surface area contributed by atoms with Crippen molar-refractivity contribution in [3.8, 4) is 0 Å². The Bertz CT molecular complexity index is 269. The molecule has 0 spiro atoms. The van der Waals surface area contributed by atoms with Crippen LogP contribution in [0.1, 0.15) is 6.92 Å². The first-order valence-electron chi connectivity index (χ1n) is 5.88. The Morgan fingerprint density at radius 3 is 2.67 bits per heavy atom. The minimum Gasteiger partial charge on any atom is -0.465 e. The molecule has 1 amide bonds. The fraction of sp³-hybridized carbons (Fsp3) is 0.667. The van der Waals surface area contributed by atoms with Crippen molar-refractivity contribution in [2.24, 2.45) is 0 Å². The van der Waals surface area contributed by atoms with Gasteiger partial charge in [0.15, 0.2) is 0 Å². The lowest BCUT2D eigenvalue weighted by Gasteiger charge is -2.18. The summed E-state index contributed by atoms with van der Waals surface area (Å²) in [5, 5.41) is 2.69. The Hall–Kier alpha value is -1.40. The summed E-state index contributed by atoms with van der Waals surface area (Å²) in [5.74, 6) is -0.498. The summed E-state index contributed by atoms with van der Waals surface area (Å²) in [6.45, 7) is 7.26. The lowest BCUT2D eigenvalue weighted by Crippen LogP contribution is -2.41. The van der Waals surface area contributed by atoms with Crippen LogP contribution >= 0.6 is 0 Å². The molecule has 0 rings (SSSR count). The molecular formula is C12H22N2O4. The fourth-order valence-electron chi connectivity index (χ4n) is 1.31. The van der Waals surface area contributed by atoms with Crippen LogP contribution in [0.2, 0.25) is 0 Å². The summed E-state index contributed by atoms with van der Waals surface area (Å²) in [7, 11) is 1.57. The molecule has 0 saturated heterocycles. The van der Waals surface area contributed by atoms with Crippen molar-refractivity contribution in [3.63, 3.8) is 0 Å². The average molecular weight is 258 g/mol. The number of carbonyl (C=O) groups excluding carboxylic acids is 2. The molecule has 6 heteroatoms. The Labute approximate surface area is 108 Å². The Kier molecular flexibility index (Phi) is 9.90. The molecule has 0 aromatic heterocycles. The van der Waals surface area contributed by atoms with Gasteiger partial charge in [0.25, 0.3) is 0 Å². The lowest BCUT2D eigenvalue weighted by atomic mass is 10.4. The summed E-state index contributed by atoms with van der Waals surface area (Å²) < 4.78 is 9.65. The number of esters is 1. The molecule has 104 valence electrons. The Balaban J connectivity index is 4.04. The van der Waals surface area contributed by atoms with Crippen LogP contribution in [0.25, 0.3) is 0 Å². The van der Waals surface area contributed by atoms with Crippen molar-refractivity contribution >= 4 is 11.9 Å². The molecule has 0 aliphatic rings. The van der Waals surface area contributed by atoms with Gasteiger partial charge in [-0.2, -0.15) is 0 Å². The summed E-state index contributed by atoms with van der Waals surface area (Å²) in [6, 6.07) is 0. The van der Waals surface area contributed by atoms with Crippen LogP contribution < -0.4 is 5.32 Å². The zero-order valence-corrected chi connectivity index (χ0v) is 11.1. The minimum absolute atomic E-state index is 0.0809. The standard InChI is InChI=1S/C12H22N2O4/c1-4-7-14(10-12(16)18-5-2)9-11(15)13-6-8-17-3/h4H,1,5-10H2,2-3H3,(H,13,15). The van der Waals surface area contributed by atoms with E-state index in [0.29, 0.717) is 26.3 Å². The second kappa shape index (κ2) is 10.7. The third-order valence-corrected chi connectivity index (χ3v) is 2.04. The van der Waals surface area contributed by atoms with Gasteiger partial charge in [-0.3, -0.25) is 14.5 Å². The van der Waals surface area contributed by atoms with E-state index in [1.165, 1.54) is 0 Å². The van der Waals surface area contributed by atoms with Gasteiger partial charge in [0.2, 0.25) is 5.91 Å². The van der Waals surface area contributed by atoms with Crippen molar-refractivity contribution in [1.29, 1.82) is 0 Å². The highest BCUT2D eigenvalue weighted by atomic mass is 16.5. The first kappa shape index (κ1) is 16.6. The second-order valence-electron chi connectivity index (χ2n) is 3.61. The van der Waals surface area contributed by atoms with Crippen molar-refractivity contribution in [1.82, 2.24) is 10.2 Å². The van der Waals surface area contributed by atoms with E-state index in [1.54, 1.807) is 25.0 Å². The van der Waals surface area contributed by atoms with Crippen LogP contribution in [-0.4, -0.2) is 63.3 Å². The molecule has 0 aliphatic carbocycles. The van der Waals surface area contributed by atoms with Gasteiger partial charge in [-0.1, -0.05) is 6.08 Å². The average Bonchev–Trinajstić information content (AvgIpc) is 2.29. The highest BCUT2D eigenvalue weighted by Crippen LogP contribution is 1.91. The topological polar surface area (TPSA) is 67.9 Å². The monoisotopic (exact) mass is 258 g/mol. The number of methoxy groups -OCH3 is 1. The molecule has 0 saturated carbocycles. The van der Waals surface area contributed by atoms with E-state index in [9.17, 15) is 9.59 Å². The predicted octanol–water partition coefficient (Wildman–Crippen LogP) is -0.200. The maximum Gasteiger partial charge on any atom is 0.320 e. The number of amides is 1. The molecular weight excluding hydrogens is 236 g/mol. The number of rotatable bonds is 10. The van der Waals surface area contributed by atoms with E-state index in [1.807, 2.05) is 0 Å². The number of hydrogen-bond donors (Lipinski definition) is 1. The molecule has 6 nitrogen and oxygen atoms in total. The number of ether oxygens (including phenoxy) is 2. The maximum absolute atomic E-state index is 11.5. The predicted molar refractivity (Wildman–Crippen MR) is 68.2 cm³/mol. The molecule has 1 N–H and O–H groups in total. The van der Waals surface area contributed by atoms with Crippen LogP contribution in [0, 0.1) is 0 Å². The van der Waals surface area contributed by atoms with E-state index < -0.39 is 0 Å². The summed E-state index contributed by atoms with van der Waals surface area (Å²) >= 11 is 0. The van der Waals surface area contributed by atoms with E-state index in [0.717, 1.165) is 0 Å².